The van der Waals surface area contributed by atoms with Crippen LogP contribution in [0.3, 0.4) is 0 Å². The van der Waals surface area contributed by atoms with Crippen LogP contribution in [0.4, 0.5) is 5.69 Å². The second-order valence-corrected chi connectivity index (χ2v) is 5.64. The maximum absolute atomic E-state index is 10.9. The van der Waals surface area contributed by atoms with Crippen LogP contribution in [0.2, 0.25) is 0 Å². The molecular formula is C16H21N3O3. The van der Waals surface area contributed by atoms with Crippen LogP contribution >= 0.6 is 0 Å². The SMILES string of the molecule is CCCN1CCCC(COc2cccc([N+](=O)[O-])c2C#N)C1. The number of nitrogens with zero attached hydrogens (tertiary/aromatic N) is 3. The molecule has 1 aliphatic rings. The summed E-state index contributed by atoms with van der Waals surface area (Å²) in [5.74, 6) is 0.718. The molecule has 22 heavy (non-hydrogen) atoms. The first-order chi connectivity index (χ1) is 10.7. The van der Waals surface area contributed by atoms with E-state index >= 15 is 0 Å². The lowest BCUT2D eigenvalue weighted by Gasteiger charge is -2.32. The Morgan fingerprint density at radius 1 is 1.55 bits per heavy atom. The number of likely N-dealkylation sites (tertiary alicyclic amines) is 1. The molecule has 1 heterocycles. The number of piperidine rings is 1. The highest BCUT2D eigenvalue weighted by molar-refractivity contribution is 5.56. The van der Waals surface area contributed by atoms with Crippen LogP contribution in [0.15, 0.2) is 18.2 Å². The molecule has 0 spiro atoms. The second kappa shape index (κ2) is 7.76. The molecule has 6 nitrogen and oxygen atoms in total. The standard InChI is InChI=1S/C16H21N3O3/c1-2-8-18-9-4-5-13(11-18)12-22-16-7-3-6-15(19(20)21)14(16)10-17/h3,6-7,13H,2,4-5,8-9,11-12H2,1H3. The van der Waals surface area contributed by atoms with Crippen LogP contribution in [0.25, 0.3) is 0 Å². The molecule has 1 unspecified atom stereocenters. The average Bonchev–Trinajstić information content (AvgIpc) is 2.53. The van der Waals surface area contributed by atoms with Crippen LogP contribution in [0, 0.1) is 27.4 Å². The average molecular weight is 303 g/mol. The number of nitro benzene ring substituents is 1. The van der Waals surface area contributed by atoms with Gasteiger partial charge in [-0.1, -0.05) is 13.0 Å². The Morgan fingerprint density at radius 2 is 2.36 bits per heavy atom. The number of hydrogen-bond acceptors (Lipinski definition) is 5. The Kier molecular flexibility index (Phi) is 5.73. The fourth-order valence-corrected chi connectivity index (χ4v) is 2.92. The van der Waals surface area contributed by atoms with E-state index in [1.54, 1.807) is 12.1 Å². The molecule has 0 saturated carbocycles. The molecule has 1 fully saturated rings. The first kappa shape index (κ1) is 16.2. The lowest BCUT2D eigenvalue weighted by Crippen LogP contribution is -2.38. The van der Waals surface area contributed by atoms with Gasteiger partial charge in [-0.3, -0.25) is 10.1 Å². The van der Waals surface area contributed by atoms with Gasteiger partial charge in [-0.25, -0.2) is 0 Å². The number of rotatable bonds is 6. The molecule has 0 radical (unpaired) electrons. The molecule has 0 aliphatic carbocycles. The van der Waals surface area contributed by atoms with Crippen molar-refractivity contribution in [2.24, 2.45) is 5.92 Å². The van der Waals surface area contributed by atoms with Crippen LogP contribution < -0.4 is 4.74 Å². The predicted octanol–water partition coefficient (Wildman–Crippen LogP) is 2.97. The molecule has 0 amide bonds. The summed E-state index contributed by atoms with van der Waals surface area (Å²) in [6.45, 7) is 5.88. The van der Waals surface area contributed by atoms with Crippen molar-refractivity contribution in [1.82, 2.24) is 4.90 Å². The number of nitro groups is 1. The van der Waals surface area contributed by atoms with Gasteiger partial charge in [0.15, 0.2) is 5.56 Å². The lowest BCUT2D eigenvalue weighted by atomic mass is 9.99. The van der Waals surface area contributed by atoms with E-state index in [0.717, 1.165) is 38.9 Å². The Hall–Kier alpha value is -2.13. The van der Waals surface area contributed by atoms with Crippen LogP contribution in [0.1, 0.15) is 31.7 Å². The quantitative estimate of drug-likeness (QED) is 0.596. The lowest BCUT2D eigenvalue weighted by molar-refractivity contribution is -0.385. The molecule has 2 rings (SSSR count). The van der Waals surface area contributed by atoms with Crippen LogP contribution in [0.5, 0.6) is 5.75 Å². The number of nitriles is 1. The molecule has 6 heteroatoms. The summed E-state index contributed by atoms with van der Waals surface area (Å²) in [7, 11) is 0. The van der Waals surface area contributed by atoms with Crippen LogP contribution in [-0.4, -0.2) is 36.1 Å². The van der Waals surface area contributed by atoms with Crippen molar-refractivity contribution in [3.8, 4) is 11.8 Å². The zero-order valence-electron chi connectivity index (χ0n) is 12.8. The van der Waals surface area contributed by atoms with E-state index in [1.807, 2.05) is 6.07 Å². The van der Waals surface area contributed by atoms with Crippen molar-refractivity contribution in [3.63, 3.8) is 0 Å². The van der Waals surface area contributed by atoms with Gasteiger partial charge in [-0.05, 0) is 38.4 Å². The zero-order chi connectivity index (χ0) is 15.9. The van der Waals surface area contributed by atoms with Gasteiger partial charge in [0.05, 0.1) is 11.5 Å². The molecule has 1 saturated heterocycles. The summed E-state index contributed by atoms with van der Waals surface area (Å²) < 4.78 is 5.73. The summed E-state index contributed by atoms with van der Waals surface area (Å²) >= 11 is 0. The summed E-state index contributed by atoms with van der Waals surface area (Å²) in [5, 5.41) is 20.1. The minimum Gasteiger partial charge on any atom is -0.492 e. The Balaban J connectivity index is 2.01. The van der Waals surface area contributed by atoms with Crippen molar-refractivity contribution in [2.75, 3.05) is 26.2 Å². The van der Waals surface area contributed by atoms with Gasteiger partial charge in [0.2, 0.25) is 0 Å². The van der Waals surface area contributed by atoms with Gasteiger partial charge in [0.25, 0.3) is 5.69 Å². The second-order valence-electron chi connectivity index (χ2n) is 5.64. The summed E-state index contributed by atoms with van der Waals surface area (Å²) in [6, 6.07) is 6.39. The predicted molar refractivity (Wildman–Crippen MR) is 82.8 cm³/mol. The fourth-order valence-electron chi connectivity index (χ4n) is 2.92. The Bertz CT molecular complexity index is 566. The van der Waals surface area contributed by atoms with Crippen molar-refractivity contribution >= 4 is 5.69 Å². The first-order valence-electron chi connectivity index (χ1n) is 7.68. The van der Waals surface area contributed by atoms with Crippen molar-refractivity contribution < 1.29 is 9.66 Å². The Labute approximate surface area is 130 Å². The number of benzene rings is 1. The van der Waals surface area contributed by atoms with Crippen LogP contribution in [-0.2, 0) is 0 Å². The highest BCUT2D eigenvalue weighted by atomic mass is 16.6. The summed E-state index contributed by atoms with van der Waals surface area (Å²) in [4.78, 5) is 12.8. The van der Waals surface area contributed by atoms with Gasteiger partial charge < -0.3 is 9.64 Å². The molecule has 0 bridgehead atoms. The molecule has 118 valence electrons. The summed E-state index contributed by atoms with van der Waals surface area (Å²) in [5.41, 5.74) is -0.190. The minimum atomic E-state index is -0.547. The minimum absolute atomic E-state index is 0.00808. The summed E-state index contributed by atoms with van der Waals surface area (Å²) in [6.07, 6.45) is 3.38. The van der Waals surface area contributed by atoms with E-state index in [-0.39, 0.29) is 11.3 Å². The molecule has 1 aliphatic heterocycles. The molecular weight excluding hydrogens is 282 g/mol. The van der Waals surface area contributed by atoms with Gasteiger partial charge in [-0.2, -0.15) is 5.26 Å². The normalized spacial score (nSPS) is 18.6. The monoisotopic (exact) mass is 303 g/mol. The maximum atomic E-state index is 10.9. The van der Waals surface area contributed by atoms with Gasteiger partial charge in [0, 0.05) is 18.5 Å². The molecule has 1 aromatic rings. The maximum Gasteiger partial charge on any atom is 0.290 e. The van der Waals surface area contributed by atoms with E-state index in [9.17, 15) is 10.1 Å². The smallest absolute Gasteiger partial charge is 0.290 e. The fraction of sp³-hybridized carbons (Fsp3) is 0.562. The van der Waals surface area contributed by atoms with E-state index in [0.29, 0.717) is 18.3 Å². The third-order valence-electron chi connectivity index (χ3n) is 3.93. The number of ether oxygens (including phenoxy) is 1. The molecule has 0 N–H and O–H groups in total. The van der Waals surface area contributed by atoms with E-state index in [4.69, 9.17) is 10.00 Å². The first-order valence-corrected chi connectivity index (χ1v) is 7.68. The number of hydrogen-bond donors (Lipinski definition) is 0. The molecule has 1 atom stereocenters. The highest BCUT2D eigenvalue weighted by Crippen LogP contribution is 2.28. The van der Waals surface area contributed by atoms with Crippen molar-refractivity contribution in [1.29, 1.82) is 5.26 Å². The van der Waals surface area contributed by atoms with Crippen molar-refractivity contribution in [3.05, 3.63) is 33.9 Å². The third kappa shape index (κ3) is 3.95. The van der Waals surface area contributed by atoms with Gasteiger partial charge >= 0.3 is 0 Å². The largest absolute Gasteiger partial charge is 0.492 e. The van der Waals surface area contributed by atoms with Gasteiger partial charge in [-0.15, -0.1) is 0 Å². The topological polar surface area (TPSA) is 79.4 Å². The highest BCUT2D eigenvalue weighted by Gasteiger charge is 2.22. The van der Waals surface area contributed by atoms with Gasteiger partial charge in [0.1, 0.15) is 11.8 Å². The zero-order valence-corrected chi connectivity index (χ0v) is 12.8. The third-order valence-corrected chi connectivity index (χ3v) is 3.93. The Morgan fingerprint density at radius 3 is 3.05 bits per heavy atom. The van der Waals surface area contributed by atoms with Crippen molar-refractivity contribution in [2.45, 2.75) is 26.2 Å². The van der Waals surface area contributed by atoms with E-state index in [1.165, 1.54) is 6.07 Å². The van der Waals surface area contributed by atoms with E-state index < -0.39 is 4.92 Å². The van der Waals surface area contributed by atoms with E-state index in [2.05, 4.69) is 11.8 Å². The molecule has 0 aromatic heterocycles. The molecule has 1 aromatic carbocycles.